The predicted molar refractivity (Wildman–Crippen MR) is 73.0 cm³/mol. The largest absolute Gasteiger partial charge is 0.324 e. The lowest BCUT2D eigenvalue weighted by Gasteiger charge is -2.27. The number of nitrogens with zero attached hydrogens (tertiary/aromatic N) is 1. The van der Waals surface area contributed by atoms with Crippen LogP contribution in [-0.2, 0) is 9.84 Å². The summed E-state index contributed by atoms with van der Waals surface area (Å²) >= 11 is 0. The molecule has 0 amide bonds. The van der Waals surface area contributed by atoms with Gasteiger partial charge in [0.1, 0.15) is 11.6 Å². The normalized spacial score (nSPS) is 20.8. The fraction of sp³-hybridized carbons (Fsp3) is 0.538. The summed E-state index contributed by atoms with van der Waals surface area (Å²) in [6, 6.07) is 2.81. The summed E-state index contributed by atoms with van der Waals surface area (Å²) in [5.74, 6) is -0.952. The van der Waals surface area contributed by atoms with E-state index in [1.54, 1.807) is 0 Å². The molecule has 1 aliphatic rings. The maximum atomic E-state index is 13.1. The van der Waals surface area contributed by atoms with Crippen LogP contribution in [0, 0.1) is 11.6 Å². The summed E-state index contributed by atoms with van der Waals surface area (Å²) in [5.41, 5.74) is 6.35. The van der Waals surface area contributed by atoms with Crippen LogP contribution in [0.2, 0.25) is 0 Å². The number of hydrogen-bond acceptors (Lipinski definition) is 4. The van der Waals surface area contributed by atoms with Gasteiger partial charge < -0.3 is 10.6 Å². The van der Waals surface area contributed by atoms with Gasteiger partial charge in [-0.1, -0.05) is 0 Å². The Morgan fingerprint density at radius 1 is 1.15 bits per heavy atom. The van der Waals surface area contributed by atoms with Crippen LogP contribution in [0.5, 0.6) is 0 Å². The molecule has 1 fully saturated rings. The summed E-state index contributed by atoms with van der Waals surface area (Å²) in [4.78, 5) is 2.01. The minimum Gasteiger partial charge on any atom is -0.324 e. The van der Waals surface area contributed by atoms with Crippen molar-refractivity contribution < 1.29 is 17.2 Å². The molecule has 1 heterocycles. The zero-order chi connectivity index (χ0) is 14.8. The smallest absolute Gasteiger partial charge is 0.152 e. The van der Waals surface area contributed by atoms with Gasteiger partial charge in [0.25, 0.3) is 0 Å². The zero-order valence-corrected chi connectivity index (χ0v) is 11.9. The topological polar surface area (TPSA) is 63.4 Å². The Balaban J connectivity index is 1.88. The first-order chi connectivity index (χ1) is 9.35. The van der Waals surface area contributed by atoms with E-state index < -0.39 is 27.5 Å². The molecule has 2 N–H and O–H groups in total. The standard InChI is InChI=1S/C13H18F2N2O2S/c14-11-7-10(8-12(15)9-11)13(16)1-2-17-3-5-20(18,19)6-4-17/h7-9,13H,1-6,16H2. The summed E-state index contributed by atoms with van der Waals surface area (Å²) in [5, 5.41) is 0. The second-order valence-electron chi connectivity index (χ2n) is 5.09. The van der Waals surface area contributed by atoms with Crippen LogP contribution in [0.15, 0.2) is 18.2 Å². The van der Waals surface area contributed by atoms with Gasteiger partial charge >= 0.3 is 0 Å². The minimum atomic E-state index is -2.89. The van der Waals surface area contributed by atoms with Crippen molar-refractivity contribution in [3.05, 3.63) is 35.4 Å². The average molecular weight is 304 g/mol. The van der Waals surface area contributed by atoms with Gasteiger partial charge in [-0.05, 0) is 24.1 Å². The van der Waals surface area contributed by atoms with Gasteiger partial charge in [-0.15, -0.1) is 0 Å². The molecule has 0 spiro atoms. The third-order valence-electron chi connectivity index (χ3n) is 3.51. The Kier molecular flexibility index (Phi) is 4.72. The van der Waals surface area contributed by atoms with Crippen molar-refractivity contribution in [3.63, 3.8) is 0 Å². The van der Waals surface area contributed by atoms with Gasteiger partial charge in [0.15, 0.2) is 9.84 Å². The number of benzene rings is 1. The van der Waals surface area contributed by atoms with Gasteiger partial charge in [0.05, 0.1) is 11.5 Å². The molecule has 20 heavy (non-hydrogen) atoms. The molecular formula is C13H18F2N2O2S. The molecule has 0 saturated carbocycles. The lowest BCUT2D eigenvalue weighted by Crippen LogP contribution is -2.41. The van der Waals surface area contributed by atoms with Crippen LogP contribution in [0.1, 0.15) is 18.0 Å². The number of halogens is 2. The maximum absolute atomic E-state index is 13.1. The second-order valence-corrected chi connectivity index (χ2v) is 7.40. The molecule has 0 aromatic heterocycles. The van der Waals surface area contributed by atoms with Gasteiger partial charge in [-0.2, -0.15) is 0 Å². The lowest BCUT2D eigenvalue weighted by molar-refractivity contribution is 0.283. The van der Waals surface area contributed by atoms with E-state index in [0.717, 1.165) is 6.07 Å². The molecule has 0 aliphatic carbocycles. The highest BCUT2D eigenvalue weighted by molar-refractivity contribution is 7.91. The first-order valence-electron chi connectivity index (χ1n) is 6.50. The van der Waals surface area contributed by atoms with E-state index in [1.165, 1.54) is 12.1 Å². The molecule has 1 unspecified atom stereocenters. The monoisotopic (exact) mass is 304 g/mol. The maximum Gasteiger partial charge on any atom is 0.152 e. The fourth-order valence-electron chi connectivity index (χ4n) is 2.25. The molecule has 1 aliphatic heterocycles. The molecule has 0 radical (unpaired) electrons. The van der Waals surface area contributed by atoms with Crippen molar-refractivity contribution in [1.29, 1.82) is 0 Å². The molecule has 112 valence electrons. The SMILES string of the molecule is NC(CCN1CCS(=O)(=O)CC1)c1cc(F)cc(F)c1. The van der Waals surface area contributed by atoms with E-state index in [9.17, 15) is 17.2 Å². The highest BCUT2D eigenvalue weighted by Gasteiger charge is 2.21. The molecule has 2 rings (SSSR count). The van der Waals surface area contributed by atoms with Gasteiger partial charge in [0.2, 0.25) is 0 Å². The quantitative estimate of drug-likeness (QED) is 0.904. The highest BCUT2D eigenvalue weighted by Crippen LogP contribution is 2.18. The Bertz CT molecular complexity index is 543. The fourth-order valence-corrected chi connectivity index (χ4v) is 3.53. The van der Waals surface area contributed by atoms with Crippen molar-refractivity contribution in [1.82, 2.24) is 4.90 Å². The van der Waals surface area contributed by atoms with Crippen LogP contribution in [-0.4, -0.2) is 44.5 Å². The van der Waals surface area contributed by atoms with Crippen molar-refractivity contribution in [3.8, 4) is 0 Å². The van der Waals surface area contributed by atoms with Gasteiger partial charge in [-0.25, -0.2) is 17.2 Å². The van der Waals surface area contributed by atoms with Crippen molar-refractivity contribution >= 4 is 9.84 Å². The zero-order valence-electron chi connectivity index (χ0n) is 11.1. The van der Waals surface area contributed by atoms with Gasteiger partial charge in [0, 0.05) is 31.7 Å². The van der Waals surface area contributed by atoms with E-state index in [4.69, 9.17) is 5.73 Å². The Labute approximate surface area is 117 Å². The molecule has 0 bridgehead atoms. The lowest BCUT2D eigenvalue weighted by atomic mass is 10.0. The van der Waals surface area contributed by atoms with Crippen LogP contribution < -0.4 is 5.73 Å². The summed E-state index contributed by atoms with van der Waals surface area (Å²) in [6.45, 7) is 1.61. The van der Waals surface area contributed by atoms with Crippen molar-refractivity contribution in [2.75, 3.05) is 31.1 Å². The first kappa shape index (κ1) is 15.3. The molecule has 1 aromatic carbocycles. The van der Waals surface area contributed by atoms with E-state index in [1.807, 2.05) is 4.90 Å². The van der Waals surface area contributed by atoms with E-state index in [0.29, 0.717) is 31.6 Å². The second kappa shape index (κ2) is 6.15. The third-order valence-corrected chi connectivity index (χ3v) is 5.12. The number of nitrogens with two attached hydrogens (primary N) is 1. The van der Waals surface area contributed by atoms with E-state index in [-0.39, 0.29) is 11.5 Å². The Morgan fingerprint density at radius 3 is 2.25 bits per heavy atom. The molecular weight excluding hydrogens is 286 g/mol. The number of rotatable bonds is 4. The molecule has 7 heteroatoms. The minimum absolute atomic E-state index is 0.164. The predicted octanol–water partition coefficient (Wildman–Crippen LogP) is 1.09. The molecule has 1 aromatic rings. The van der Waals surface area contributed by atoms with E-state index in [2.05, 4.69) is 0 Å². The van der Waals surface area contributed by atoms with Crippen LogP contribution in [0.3, 0.4) is 0 Å². The third kappa shape index (κ3) is 4.22. The molecule has 1 atom stereocenters. The Hall–Kier alpha value is -1.05. The Morgan fingerprint density at radius 2 is 1.70 bits per heavy atom. The molecule has 1 saturated heterocycles. The highest BCUT2D eigenvalue weighted by atomic mass is 32.2. The number of hydrogen-bond donors (Lipinski definition) is 1. The first-order valence-corrected chi connectivity index (χ1v) is 8.32. The molecule has 4 nitrogen and oxygen atoms in total. The summed E-state index contributed by atoms with van der Waals surface area (Å²) < 4.78 is 48.8. The van der Waals surface area contributed by atoms with Crippen molar-refractivity contribution in [2.24, 2.45) is 5.73 Å². The van der Waals surface area contributed by atoms with Crippen LogP contribution in [0.25, 0.3) is 0 Å². The van der Waals surface area contributed by atoms with Crippen LogP contribution in [0.4, 0.5) is 8.78 Å². The van der Waals surface area contributed by atoms with E-state index >= 15 is 0 Å². The number of sulfone groups is 1. The van der Waals surface area contributed by atoms with Crippen LogP contribution >= 0.6 is 0 Å². The summed E-state index contributed by atoms with van der Waals surface area (Å²) in [6.07, 6.45) is 0.531. The average Bonchev–Trinajstić information content (AvgIpc) is 2.36. The summed E-state index contributed by atoms with van der Waals surface area (Å²) in [7, 11) is -2.89. The van der Waals surface area contributed by atoms with Gasteiger partial charge in [-0.3, -0.25) is 0 Å². The van der Waals surface area contributed by atoms with Crippen molar-refractivity contribution in [2.45, 2.75) is 12.5 Å².